The number of halogens is 5. The molecule has 108 valence electrons. The summed E-state index contributed by atoms with van der Waals surface area (Å²) in [6.07, 6.45) is -4.61. The number of hydrogen-bond donors (Lipinski definition) is 0. The van der Waals surface area contributed by atoms with Gasteiger partial charge in [0, 0.05) is 4.47 Å². The first-order chi connectivity index (χ1) is 9.81. The van der Waals surface area contributed by atoms with Gasteiger partial charge in [0.2, 0.25) is 0 Å². The van der Waals surface area contributed by atoms with Gasteiger partial charge in [-0.25, -0.2) is 0 Å². The lowest BCUT2D eigenvalue weighted by Gasteiger charge is -2.12. The van der Waals surface area contributed by atoms with Crippen LogP contribution in [0.15, 0.2) is 45.3 Å². The lowest BCUT2D eigenvalue weighted by molar-refractivity contribution is -0.137. The number of nitriles is 1. The van der Waals surface area contributed by atoms with Crippen LogP contribution in [0.25, 0.3) is 0 Å². The number of alkyl halides is 3. The van der Waals surface area contributed by atoms with Crippen molar-refractivity contribution in [2.45, 2.75) is 6.18 Å². The van der Waals surface area contributed by atoms with Crippen molar-refractivity contribution in [1.82, 2.24) is 0 Å². The van der Waals surface area contributed by atoms with Crippen LogP contribution in [0, 0.1) is 11.3 Å². The Morgan fingerprint density at radius 2 is 1.76 bits per heavy atom. The topological polar surface area (TPSA) is 33.0 Å². The Bertz CT molecular complexity index is 723. The minimum atomic E-state index is -4.61. The lowest BCUT2D eigenvalue weighted by Crippen LogP contribution is -2.07. The molecule has 2 nitrogen and oxygen atoms in total. The molecule has 0 radical (unpaired) electrons. The highest BCUT2D eigenvalue weighted by atomic mass is 79.9. The van der Waals surface area contributed by atoms with Gasteiger partial charge in [0.25, 0.3) is 0 Å². The second kappa shape index (κ2) is 6.08. The standard InChI is InChI=1S/C14H6Br2F3NO/c15-9-2-4-13(12(16)5-9)21-10-3-1-8(7-20)11(6-10)14(17,18)19/h1-6H. The molecular weight excluding hydrogens is 415 g/mol. The zero-order chi connectivity index (χ0) is 15.6. The molecule has 0 aliphatic carbocycles. The SMILES string of the molecule is N#Cc1ccc(Oc2ccc(Br)cc2Br)cc1C(F)(F)F. The molecular formula is C14H6Br2F3NO. The van der Waals surface area contributed by atoms with E-state index in [-0.39, 0.29) is 5.75 Å². The summed E-state index contributed by atoms with van der Waals surface area (Å²) < 4.78 is 45.4. The fourth-order valence-corrected chi connectivity index (χ4v) is 2.73. The van der Waals surface area contributed by atoms with Crippen molar-refractivity contribution < 1.29 is 17.9 Å². The number of hydrogen-bond acceptors (Lipinski definition) is 2. The predicted octanol–water partition coefficient (Wildman–Crippen LogP) is 5.89. The minimum absolute atomic E-state index is 0.00403. The molecule has 0 aliphatic rings. The largest absolute Gasteiger partial charge is 0.456 e. The Morgan fingerprint density at radius 3 is 2.33 bits per heavy atom. The summed E-state index contributed by atoms with van der Waals surface area (Å²) in [7, 11) is 0. The highest BCUT2D eigenvalue weighted by Crippen LogP contribution is 2.37. The summed E-state index contributed by atoms with van der Waals surface area (Å²) in [5.74, 6) is 0.375. The molecule has 0 saturated carbocycles. The van der Waals surface area contributed by atoms with Crippen molar-refractivity contribution >= 4 is 31.9 Å². The van der Waals surface area contributed by atoms with Gasteiger partial charge in [-0.1, -0.05) is 15.9 Å². The van der Waals surface area contributed by atoms with Crippen molar-refractivity contribution in [3.05, 3.63) is 56.5 Å². The third kappa shape index (κ3) is 3.77. The first-order valence-corrected chi connectivity index (χ1v) is 7.14. The average Bonchev–Trinajstić information content (AvgIpc) is 2.41. The van der Waals surface area contributed by atoms with E-state index in [4.69, 9.17) is 10.00 Å². The van der Waals surface area contributed by atoms with E-state index in [1.165, 1.54) is 12.1 Å². The summed E-state index contributed by atoms with van der Waals surface area (Å²) in [5.41, 5.74) is -1.46. The van der Waals surface area contributed by atoms with Gasteiger partial charge in [0.05, 0.1) is 21.7 Å². The van der Waals surface area contributed by atoms with E-state index >= 15 is 0 Å². The maximum absolute atomic E-state index is 12.9. The van der Waals surface area contributed by atoms with Crippen LogP contribution in [0.3, 0.4) is 0 Å². The van der Waals surface area contributed by atoms with E-state index < -0.39 is 17.3 Å². The quantitative estimate of drug-likeness (QED) is 0.606. The van der Waals surface area contributed by atoms with Crippen LogP contribution in [-0.2, 0) is 6.18 Å². The van der Waals surface area contributed by atoms with Gasteiger partial charge in [-0.2, -0.15) is 18.4 Å². The molecule has 0 heterocycles. The average molecular weight is 421 g/mol. The molecule has 0 aromatic heterocycles. The van der Waals surface area contributed by atoms with E-state index in [0.29, 0.717) is 10.2 Å². The molecule has 2 rings (SSSR count). The van der Waals surface area contributed by atoms with Gasteiger partial charge in [0.15, 0.2) is 0 Å². The number of ether oxygens (including phenoxy) is 1. The summed E-state index contributed by atoms with van der Waals surface area (Å²) in [5, 5.41) is 8.73. The lowest BCUT2D eigenvalue weighted by atomic mass is 10.1. The van der Waals surface area contributed by atoms with Gasteiger partial charge in [-0.15, -0.1) is 0 Å². The molecule has 0 bridgehead atoms. The van der Waals surface area contributed by atoms with Crippen molar-refractivity contribution in [2.24, 2.45) is 0 Å². The minimum Gasteiger partial charge on any atom is -0.456 e. The number of nitrogens with zero attached hydrogens (tertiary/aromatic N) is 1. The third-order valence-corrected chi connectivity index (χ3v) is 3.65. The first-order valence-electron chi connectivity index (χ1n) is 5.55. The molecule has 2 aromatic carbocycles. The van der Waals surface area contributed by atoms with Crippen LogP contribution in [-0.4, -0.2) is 0 Å². The Hall–Kier alpha value is -1.52. The Kier molecular flexibility index (Phi) is 4.59. The van der Waals surface area contributed by atoms with E-state index in [2.05, 4.69) is 31.9 Å². The van der Waals surface area contributed by atoms with Gasteiger partial charge >= 0.3 is 6.18 Å². The number of benzene rings is 2. The Balaban J connectivity index is 2.40. The zero-order valence-electron chi connectivity index (χ0n) is 10.2. The van der Waals surface area contributed by atoms with Crippen LogP contribution < -0.4 is 4.74 Å². The molecule has 0 saturated heterocycles. The zero-order valence-corrected chi connectivity index (χ0v) is 13.4. The monoisotopic (exact) mass is 419 g/mol. The second-order valence-corrected chi connectivity index (χ2v) is 5.76. The molecule has 0 fully saturated rings. The molecule has 0 amide bonds. The van der Waals surface area contributed by atoms with Crippen LogP contribution in [0.4, 0.5) is 13.2 Å². The summed E-state index contributed by atoms with van der Waals surface area (Å²) in [6, 6.07) is 9.77. The molecule has 0 aliphatic heterocycles. The van der Waals surface area contributed by atoms with E-state index in [0.717, 1.165) is 16.6 Å². The van der Waals surface area contributed by atoms with Gasteiger partial charge in [0.1, 0.15) is 11.5 Å². The summed E-state index contributed by atoms with van der Waals surface area (Å²) in [4.78, 5) is 0. The maximum Gasteiger partial charge on any atom is 0.417 e. The smallest absolute Gasteiger partial charge is 0.417 e. The predicted molar refractivity (Wildman–Crippen MR) is 78.1 cm³/mol. The van der Waals surface area contributed by atoms with Crippen molar-refractivity contribution in [3.8, 4) is 17.6 Å². The normalized spacial score (nSPS) is 11.0. The first kappa shape index (κ1) is 15.9. The van der Waals surface area contributed by atoms with Crippen LogP contribution in [0.1, 0.15) is 11.1 Å². The van der Waals surface area contributed by atoms with Crippen LogP contribution in [0.2, 0.25) is 0 Å². The number of rotatable bonds is 2. The highest BCUT2D eigenvalue weighted by Gasteiger charge is 2.34. The van der Waals surface area contributed by atoms with Crippen molar-refractivity contribution in [1.29, 1.82) is 5.26 Å². The van der Waals surface area contributed by atoms with E-state index in [9.17, 15) is 13.2 Å². The van der Waals surface area contributed by atoms with E-state index in [1.54, 1.807) is 18.2 Å². The fourth-order valence-electron chi connectivity index (χ4n) is 1.60. The molecule has 0 spiro atoms. The Labute approximate surface area is 135 Å². The van der Waals surface area contributed by atoms with Crippen molar-refractivity contribution in [2.75, 3.05) is 0 Å². The van der Waals surface area contributed by atoms with Crippen molar-refractivity contribution in [3.63, 3.8) is 0 Å². The molecule has 2 aromatic rings. The summed E-state index contributed by atoms with van der Waals surface area (Å²) in [6.45, 7) is 0. The Morgan fingerprint density at radius 1 is 1.05 bits per heavy atom. The summed E-state index contributed by atoms with van der Waals surface area (Å²) >= 11 is 6.53. The third-order valence-electron chi connectivity index (χ3n) is 2.54. The van der Waals surface area contributed by atoms with Crippen LogP contribution in [0.5, 0.6) is 11.5 Å². The molecule has 0 atom stereocenters. The van der Waals surface area contributed by atoms with Gasteiger partial charge < -0.3 is 4.74 Å². The second-order valence-electron chi connectivity index (χ2n) is 3.99. The fraction of sp³-hybridized carbons (Fsp3) is 0.0714. The van der Waals surface area contributed by atoms with Gasteiger partial charge in [-0.05, 0) is 52.3 Å². The van der Waals surface area contributed by atoms with Gasteiger partial charge in [-0.3, -0.25) is 0 Å². The maximum atomic E-state index is 12.9. The molecule has 0 N–H and O–H groups in total. The molecule has 0 unspecified atom stereocenters. The van der Waals surface area contributed by atoms with E-state index in [1.807, 2.05) is 0 Å². The molecule has 21 heavy (non-hydrogen) atoms. The highest BCUT2D eigenvalue weighted by molar-refractivity contribution is 9.11. The van der Waals surface area contributed by atoms with Crippen LogP contribution >= 0.6 is 31.9 Å². The molecule has 7 heteroatoms.